The minimum Gasteiger partial charge on any atom is -0.444 e. The topological polar surface area (TPSA) is 71.5 Å². The molecular formula is C21H27N3O3. The lowest BCUT2D eigenvalue weighted by Crippen LogP contribution is -2.41. The molecule has 0 saturated carbocycles. The van der Waals surface area contributed by atoms with Crippen molar-refractivity contribution in [1.82, 2.24) is 15.2 Å². The molecule has 6 nitrogen and oxygen atoms in total. The predicted octanol–water partition coefficient (Wildman–Crippen LogP) is 3.75. The van der Waals surface area contributed by atoms with Gasteiger partial charge in [0.25, 0.3) is 5.91 Å². The molecule has 1 aromatic heterocycles. The number of pyridine rings is 1. The zero-order valence-corrected chi connectivity index (χ0v) is 16.2. The molecule has 1 aliphatic rings. The minimum absolute atomic E-state index is 0.0978. The number of aromatic nitrogens is 1. The number of carbonyl (C=O) groups is 2. The lowest BCUT2D eigenvalue weighted by Gasteiger charge is -2.28. The van der Waals surface area contributed by atoms with E-state index in [9.17, 15) is 9.59 Å². The molecule has 0 aliphatic carbocycles. The van der Waals surface area contributed by atoms with Gasteiger partial charge in [-0.3, -0.25) is 9.78 Å². The van der Waals surface area contributed by atoms with Gasteiger partial charge in [-0.05, 0) is 51.5 Å². The molecule has 27 heavy (non-hydrogen) atoms. The number of nitrogens with zero attached hydrogens (tertiary/aromatic N) is 2. The second-order valence-corrected chi connectivity index (χ2v) is 7.90. The summed E-state index contributed by atoms with van der Waals surface area (Å²) in [5, 5.41) is 4.78. The van der Waals surface area contributed by atoms with Crippen molar-refractivity contribution in [3.05, 3.63) is 42.2 Å². The fraction of sp³-hybridized carbons (Fsp3) is 0.476. The lowest BCUT2D eigenvalue weighted by atomic mass is 10.1. The summed E-state index contributed by atoms with van der Waals surface area (Å²) in [6.45, 7) is 6.81. The van der Waals surface area contributed by atoms with Gasteiger partial charge in [-0.2, -0.15) is 0 Å². The number of carbonyl (C=O) groups excluding carboxylic acids is 2. The Morgan fingerprint density at radius 1 is 1.26 bits per heavy atom. The van der Waals surface area contributed by atoms with E-state index < -0.39 is 5.60 Å². The first-order valence-electron chi connectivity index (χ1n) is 9.47. The average Bonchev–Trinajstić information content (AvgIpc) is 3.08. The highest BCUT2D eigenvalue weighted by molar-refractivity contribution is 6.05. The number of ether oxygens (including phenoxy) is 1. The molecule has 2 heterocycles. The molecule has 0 spiro atoms. The van der Waals surface area contributed by atoms with Crippen molar-refractivity contribution in [2.45, 2.75) is 51.7 Å². The van der Waals surface area contributed by atoms with Crippen LogP contribution in [0.15, 0.2) is 36.5 Å². The van der Waals surface area contributed by atoms with E-state index in [1.54, 1.807) is 11.1 Å². The maximum absolute atomic E-state index is 12.6. The van der Waals surface area contributed by atoms with E-state index >= 15 is 0 Å². The molecule has 0 radical (unpaired) electrons. The van der Waals surface area contributed by atoms with Crippen molar-refractivity contribution in [2.24, 2.45) is 0 Å². The van der Waals surface area contributed by atoms with Crippen LogP contribution in [-0.2, 0) is 4.74 Å². The zero-order chi connectivity index (χ0) is 19.4. The number of hydrogen-bond donors (Lipinski definition) is 1. The molecule has 1 saturated heterocycles. The zero-order valence-electron chi connectivity index (χ0n) is 16.2. The summed E-state index contributed by atoms with van der Waals surface area (Å²) in [5.74, 6) is -0.186. The molecule has 144 valence electrons. The molecule has 0 unspecified atom stereocenters. The highest BCUT2D eigenvalue weighted by atomic mass is 16.6. The Labute approximate surface area is 159 Å². The molecule has 6 heteroatoms. The highest BCUT2D eigenvalue weighted by Crippen LogP contribution is 2.23. The van der Waals surface area contributed by atoms with E-state index in [1.165, 1.54) is 0 Å². The molecule has 2 aromatic rings. The minimum atomic E-state index is -0.502. The van der Waals surface area contributed by atoms with E-state index in [1.807, 2.05) is 51.1 Å². The second-order valence-electron chi connectivity index (χ2n) is 7.90. The number of nitrogens with one attached hydrogen (secondary N) is 1. The van der Waals surface area contributed by atoms with Gasteiger partial charge in [0, 0.05) is 30.7 Å². The van der Waals surface area contributed by atoms with Crippen molar-refractivity contribution in [3.63, 3.8) is 0 Å². The van der Waals surface area contributed by atoms with Gasteiger partial charge in [-0.1, -0.05) is 24.3 Å². The maximum atomic E-state index is 12.6. The van der Waals surface area contributed by atoms with Crippen LogP contribution >= 0.6 is 0 Å². The van der Waals surface area contributed by atoms with Crippen LogP contribution in [0.4, 0.5) is 4.79 Å². The molecule has 1 N–H and O–H groups in total. The monoisotopic (exact) mass is 369 g/mol. The van der Waals surface area contributed by atoms with Gasteiger partial charge in [-0.25, -0.2) is 4.79 Å². The van der Waals surface area contributed by atoms with Crippen molar-refractivity contribution in [2.75, 3.05) is 13.1 Å². The fourth-order valence-corrected chi connectivity index (χ4v) is 3.43. The third kappa shape index (κ3) is 4.76. The molecular weight excluding hydrogens is 342 g/mol. The Kier molecular flexibility index (Phi) is 5.63. The van der Waals surface area contributed by atoms with Crippen LogP contribution in [0.25, 0.3) is 10.8 Å². The molecule has 2 amide bonds. The van der Waals surface area contributed by atoms with Crippen LogP contribution in [-0.4, -0.2) is 46.6 Å². The van der Waals surface area contributed by atoms with Gasteiger partial charge >= 0.3 is 6.09 Å². The maximum Gasteiger partial charge on any atom is 0.410 e. The quantitative estimate of drug-likeness (QED) is 0.891. The summed E-state index contributed by atoms with van der Waals surface area (Å²) >= 11 is 0. The normalized spacial score (nSPS) is 17.1. The number of likely N-dealkylation sites (tertiary alicyclic amines) is 1. The van der Waals surface area contributed by atoms with Gasteiger partial charge in [-0.15, -0.1) is 0 Å². The van der Waals surface area contributed by atoms with E-state index in [0.29, 0.717) is 25.2 Å². The largest absolute Gasteiger partial charge is 0.444 e. The van der Waals surface area contributed by atoms with Crippen molar-refractivity contribution in [3.8, 4) is 0 Å². The summed E-state index contributed by atoms with van der Waals surface area (Å²) in [6, 6.07) is 9.70. The Morgan fingerprint density at radius 3 is 2.81 bits per heavy atom. The van der Waals surface area contributed by atoms with Crippen molar-refractivity contribution in [1.29, 1.82) is 0 Å². The van der Waals surface area contributed by atoms with Gasteiger partial charge in [0.05, 0.1) is 0 Å². The van der Waals surface area contributed by atoms with Gasteiger partial charge < -0.3 is 15.0 Å². The van der Waals surface area contributed by atoms with Crippen LogP contribution in [0.1, 0.15) is 50.5 Å². The number of fused-ring (bicyclic) bond motifs is 1. The number of hydrogen-bond acceptors (Lipinski definition) is 4. The van der Waals surface area contributed by atoms with Gasteiger partial charge in [0.2, 0.25) is 0 Å². The van der Waals surface area contributed by atoms with E-state index in [4.69, 9.17) is 4.74 Å². The fourth-order valence-electron chi connectivity index (χ4n) is 3.43. The van der Waals surface area contributed by atoms with E-state index in [0.717, 1.165) is 23.6 Å². The summed E-state index contributed by atoms with van der Waals surface area (Å²) in [4.78, 5) is 30.9. The average molecular weight is 369 g/mol. The third-order valence-corrected chi connectivity index (χ3v) is 4.66. The summed E-state index contributed by atoms with van der Waals surface area (Å²) in [7, 11) is 0. The predicted molar refractivity (Wildman–Crippen MR) is 105 cm³/mol. The first kappa shape index (κ1) is 19.1. The summed E-state index contributed by atoms with van der Waals surface area (Å²) in [6.07, 6.45) is 3.98. The van der Waals surface area contributed by atoms with Crippen LogP contribution in [0, 0.1) is 0 Å². The highest BCUT2D eigenvalue weighted by Gasteiger charge is 2.31. The van der Waals surface area contributed by atoms with Crippen molar-refractivity contribution < 1.29 is 14.3 Å². The Hall–Kier alpha value is -2.63. The van der Waals surface area contributed by atoms with Crippen LogP contribution in [0.3, 0.4) is 0 Å². The molecule has 0 bridgehead atoms. The van der Waals surface area contributed by atoms with Crippen LogP contribution in [0.5, 0.6) is 0 Å². The third-order valence-electron chi connectivity index (χ3n) is 4.66. The standard InChI is InChI=1S/C21H27N3O3/c1-21(2,3)27-20(26)24-14-6-8-16(24)11-13-23-19(25)18-17-9-5-4-7-15(17)10-12-22-18/h4-5,7,9-10,12,16H,6,8,11,13-14H2,1-3H3,(H,23,25)/t16-/m1/s1. The Balaban J connectivity index is 1.57. The van der Waals surface area contributed by atoms with E-state index in [2.05, 4.69) is 10.3 Å². The van der Waals surface area contributed by atoms with E-state index in [-0.39, 0.29) is 18.0 Å². The van der Waals surface area contributed by atoms with Gasteiger partial charge in [0.15, 0.2) is 0 Å². The second kappa shape index (κ2) is 7.94. The Morgan fingerprint density at radius 2 is 2.04 bits per heavy atom. The molecule has 1 aromatic carbocycles. The molecule has 1 atom stereocenters. The SMILES string of the molecule is CC(C)(C)OC(=O)N1CCC[C@@H]1CCNC(=O)c1nccc2ccccc12. The van der Waals surface area contributed by atoms with Gasteiger partial charge in [0.1, 0.15) is 11.3 Å². The lowest BCUT2D eigenvalue weighted by molar-refractivity contribution is 0.0221. The molecule has 1 aliphatic heterocycles. The number of amides is 2. The molecule has 1 fully saturated rings. The summed E-state index contributed by atoms with van der Waals surface area (Å²) < 4.78 is 5.49. The molecule has 3 rings (SSSR count). The Bertz CT molecular complexity index is 824. The summed E-state index contributed by atoms with van der Waals surface area (Å²) in [5.41, 5.74) is -0.0677. The first-order chi connectivity index (χ1) is 12.8. The van der Waals surface area contributed by atoms with Crippen LogP contribution < -0.4 is 5.32 Å². The number of rotatable bonds is 4. The van der Waals surface area contributed by atoms with Crippen molar-refractivity contribution >= 4 is 22.8 Å². The first-order valence-corrected chi connectivity index (χ1v) is 9.47. The smallest absolute Gasteiger partial charge is 0.410 e. The number of benzene rings is 1. The van der Waals surface area contributed by atoms with Crippen LogP contribution in [0.2, 0.25) is 0 Å².